The fraction of sp³-hybridized carbons (Fsp3) is 0.800. The number of nitrogens with zero attached hydrogens (tertiary/aromatic N) is 3. The number of rotatable bonds is 6. The number of esters is 1. The topological polar surface area (TPSA) is 101 Å². The van der Waals surface area contributed by atoms with Crippen LogP contribution in [0.2, 0.25) is 0 Å². The van der Waals surface area contributed by atoms with Crippen LogP contribution in [-0.2, 0) is 37.7 Å². The molecule has 2 heterocycles. The summed E-state index contributed by atoms with van der Waals surface area (Å²) in [5.74, 6) is -0.312. The van der Waals surface area contributed by atoms with Gasteiger partial charge in [0.15, 0.2) is 5.54 Å². The maximum atomic E-state index is 12.4. The normalized spacial score (nSPS) is 18.8. The van der Waals surface area contributed by atoms with E-state index in [1.807, 2.05) is 20.8 Å². The Balaban J connectivity index is 2.15. The Kier molecular flexibility index (Phi) is 5.29. The molecule has 24 heavy (non-hydrogen) atoms. The summed E-state index contributed by atoms with van der Waals surface area (Å²) in [6.45, 7) is 10.4. The average Bonchev–Trinajstić information content (AvgIpc) is 2.88. The fourth-order valence-corrected chi connectivity index (χ4v) is 3.12. The van der Waals surface area contributed by atoms with E-state index in [-0.39, 0.29) is 5.97 Å². The second-order valence-electron chi connectivity index (χ2n) is 7.73. The quantitative estimate of drug-likeness (QED) is 0.591. The molecule has 136 valence electrons. The van der Waals surface area contributed by atoms with Crippen molar-refractivity contribution in [3.05, 3.63) is 11.9 Å². The molecule has 0 saturated carbocycles. The van der Waals surface area contributed by atoms with E-state index >= 15 is 0 Å². The Morgan fingerprint density at radius 3 is 2.54 bits per heavy atom. The summed E-state index contributed by atoms with van der Waals surface area (Å²) in [6.07, 6.45) is 1.76. The fourth-order valence-electron chi connectivity index (χ4n) is 2.24. The molecule has 8 nitrogen and oxygen atoms in total. The zero-order valence-corrected chi connectivity index (χ0v) is 15.9. The molecule has 1 atom stereocenters. The number of hydrogen-bond donors (Lipinski definition) is 1. The Morgan fingerprint density at radius 2 is 2.08 bits per heavy atom. The largest absolute Gasteiger partial charge is 0.598 e. The van der Waals surface area contributed by atoms with Crippen molar-refractivity contribution >= 4 is 17.3 Å². The third kappa shape index (κ3) is 3.90. The van der Waals surface area contributed by atoms with Gasteiger partial charge in [-0.2, -0.15) is 0 Å². The number of nitrogens with one attached hydrogen (secondary N) is 1. The highest BCUT2D eigenvalue weighted by Crippen LogP contribution is 2.31. The minimum Gasteiger partial charge on any atom is -0.598 e. The van der Waals surface area contributed by atoms with Gasteiger partial charge in [-0.05, 0) is 34.6 Å². The van der Waals surface area contributed by atoms with Crippen molar-refractivity contribution in [3.8, 4) is 0 Å². The molecule has 0 amide bonds. The maximum absolute atomic E-state index is 12.4. The number of aromatic nitrogens is 3. The van der Waals surface area contributed by atoms with Crippen LogP contribution >= 0.6 is 0 Å². The molecular weight excluding hydrogens is 332 g/mol. The minimum absolute atomic E-state index is 0.312. The molecule has 0 spiro atoms. The maximum Gasteiger partial charge on any atom is 0.313 e. The highest BCUT2D eigenvalue weighted by Gasteiger charge is 2.49. The van der Waals surface area contributed by atoms with Crippen LogP contribution in [0.15, 0.2) is 6.20 Å². The smallest absolute Gasteiger partial charge is 0.313 e. The molecule has 1 N–H and O–H groups in total. The van der Waals surface area contributed by atoms with Crippen molar-refractivity contribution in [1.82, 2.24) is 19.7 Å². The van der Waals surface area contributed by atoms with Crippen LogP contribution in [0, 0.1) is 5.41 Å². The van der Waals surface area contributed by atoms with Crippen LogP contribution in [0.25, 0.3) is 0 Å². The van der Waals surface area contributed by atoms with E-state index in [4.69, 9.17) is 9.47 Å². The number of carbonyl (C=O) groups is 1. The molecule has 1 saturated heterocycles. The van der Waals surface area contributed by atoms with Crippen molar-refractivity contribution < 1.29 is 18.8 Å². The van der Waals surface area contributed by atoms with Crippen LogP contribution in [0.5, 0.6) is 0 Å². The van der Waals surface area contributed by atoms with Crippen molar-refractivity contribution in [2.45, 2.75) is 51.4 Å². The predicted octanol–water partition coefficient (Wildman–Crippen LogP) is 0.755. The molecule has 0 aromatic carbocycles. The van der Waals surface area contributed by atoms with E-state index < -0.39 is 27.1 Å². The first-order valence-electron chi connectivity index (χ1n) is 7.77. The summed E-state index contributed by atoms with van der Waals surface area (Å²) in [7, 11) is 1.36. The monoisotopic (exact) mass is 358 g/mol. The van der Waals surface area contributed by atoms with E-state index in [0.29, 0.717) is 25.5 Å². The SMILES string of the molecule is COC(=O)C(C)(C)Cn1cc(C2(N[S+]([O-])C(C)(C)C)COC2)nn1. The zero-order valence-electron chi connectivity index (χ0n) is 15.1. The van der Waals surface area contributed by atoms with Gasteiger partial charge in [0.25, 0.3) is 0 Å². The molecule has 1 aliphatic rings. The van der Waals surface area contributed by atoms with Crippen molar-refractivity contribution in [2.75, 3.05) is 20.3 Å². The average molecular weight is 358 g/mol. The Morgan fingerprint density at radius 1 is 1.46 bits per heavy atom. The van der Waals surface area contributed by atoms with E-state index in [0.717, 1.165) is 0 Å². The first-order chi connectivity index (χ1) is 11.0. The summed E-state index contributed by atoms with van der Waals surface area (Å²) in [4.78, 5) is 11.8. The molecule has 1 unspecified atom stereocenters. The number of carbonyl (C=O) groups excluding carboxylic acids is 1. The van der Waals surface area contributed by atoms with Crippen LogP contribution in [0.1, 0.15) is 40.3 Å². The summed E-state index contributed by atoms with van der Waals surface area (Å²) < 4.78 is 26.9. The lowest BCUT2D eigenvalue weighted by Gasteiger charge is -2.41. The van der Waals surface area contributed by atoms with E-state index in [1.54, 1.807) is 24.7 Å². The van der Waals surface area contributed by atoms with Crippen LogP contribution in [0.4, 0.5) is 0 Å². The Bertz CT molecular complexity index is 593. The van der Waals surface area contributed by atoms with Crippen LogP contribution < -0.4 is 4.72 Å². The van der Waals surface area contributed by atoms with Gasteiger partial charge in [-0.1, -0.05) is 5.21 Å². The molecule has 1 fully saturated rings. The molecule has 0 radical (unpaired) electrons. The molecule has 2 rings (SSSR count). The lowest BCUT2D eigenvalue weighted by atomic mass is 9.93. The van der Waals surface area contributed by atoms with Crippen LogP contribution in [0.3, 0.4) is 0 Å². The number of methoxy groups -OCH3 is 1. The zero-order chi connectivity index (χ0) is 18.2. The van der Waals surface area contributed by atoms with Crippen molar-refractivity contribution in [2.24, 2.45) is 5.41 Å². The van der Waals surface area contributed by atoms with Crippen molar-refractivity contribution in [3.63, 3.8) is 0 Å². The minimum atomic E-state index is -1.26. The summed E-state index contributed by atoms with van der Waals surface area (Å²) >= 11 is -1.26. The van der Waals surface area contributed by atoms with Gasteiger partial charge in [-0.15, -0.1) is 9.82 Å². The first-order valence-corrected chi connectivity index (χ1v) is 8.92. The Hall–Kier alpha value is -1.16. The highest BCUT2D eigenvalue weighted by atomic mass is 32.2. The lowest BCUT2D eigenvalue weighted by molar-refractivity contribution is -0.151. The molecule has 9 heteroatoms. The summed E-state index contributed by atoms with van der Waals surface area (Å²) in [5.41, 5.74) is -0.664. The Labute approximate surface area is 145 Å². The summed E-state index contributed by atoms with van der Waals surface area (Å²) in [5, 5.41) is 8.30. The number of hydrogen-bond acceptors (Lipinski definition) is 7. The van der Waals surface area contributed by atoms with Gasteiger partial charge in [0.2, 0.25) is 0 Å². The standard InChI is InChI=1S/C15H26N4O4S/c1-13(2,3)24(21)17-15(9-23-10-15)11-7-19(18-16-11)8-14(4,5)12(20)22-6/h7,17H,8-10H2,1-6H3. The van der Waals surface area contributed by atoms with Crippen molar-refractivity contribution in [1.29, 1.82) is 0 Å². The molecule has 1 aromatic heterocycles. The number of ether oxygens (including phenoxy) is 2. The third-order valence-electron chi connectivity index (χ3n) is 3.87. The van der Waals surface area contributed by atoms with Gasteiger partial charge in [-0.25, -0.2) is 0 Å². The second kappa shape index (κ2) is 6.62. The molecule has 1 aliphatic heterocycles. The molecular formula is C15H26N4O4S. The molecule has 1 aromatic rings. The van der Waals surface area contributed by atoms with Gasteiger partial charge in [0.05, 0.1) is 38.5 Å². The molecule has 0 bridgehead atoms. The highest BCUT2D eigenvalue weighted by molar-refractivity contribution is 7.90. The summed E-state index contributed by atoms with van der Waals surface area (Å²) in [6, 6.07) is 0. The third-order valence-corrected chi connectivity index (χ3v) is 5.55. The van der Waals surface area contributed by atoms with Gasteiger partial charge < -0.3 is 14.0 Å². The van der Waals surface area contributed by atoms with Gasteiger partial charge >= 0.3 is 5.97 Å². The van der Waals surface area contributed by atoms with E-state index in [2.05, 4.69) is 15.0 Å². The van der Waals surface area contributed by atoms with Gasteiger partial charge in [0, 0.05) is 11.4 Å². The van der Waals surface area contributed by atoms with E-state index in [1.165, 1.54) is 7.11 Å². The second-order valence-corrected chi connectivity index (χ2v) is 9.70. The van der Waals surface area contributed by atoms with E-state index in [9.17, 15) is 9.35 Å². The lowest BCUT2D eigenvalue weighted by Crippen LogP contribution is -2.62. The predicted molar refractivity (Wildman–Crippen MR) is 89.3 cm³/mol. The van der Waals surface area contributed by atoms with Gasteiger partial charge in [0.1, 0.15) is 10.4 Å². The van der Waals surface area contributed by atoms with Crippen LogP contribution in [-0.4, -0.2) is 50.6 Å². The molecule has 0 aliphatic carbocycles. The van der Waals surface area contributed by atoms with Gasteiger partial charge in [-0.3, -0.25) is 9.48 Å². The first kappa shape index (κ1) is 19.2.